The van der Waals surface area contributed by atoms with Crippen molar-refractivity contribution >= 4 is 5.78 Å². The molecule has 0 aromatic heterocycles. The third-order valence-corrected chi connectivity index (χ3v) is 3.93. The van der Waals surface area contributed by atoms with Gasteiger partial charge in [0, 0.05) is 18.4 Å². The Kier molecular flexibility index (Phi) is 4.33. The molecule has 0 aliphatic heterocycles. The molecule has 1 aliphatic carbocycles. The maximum Gasteiger partial charge on any atom is 0.140 e. The first-order valence-corrected chi connectivity index (χ1v) is 6.91. The summed E-state index contributed by atoms with van der Waals surface area (Å²) in [5.41, 5.74) is 0.438. The van der Waals surface area contributed by atoms with Crippen LogP contribution in [0.3, 0.4) is 0 Å². The second kappa shape index (κ2) is 5.81. The van der Waals surface area contributed by atoms with E-state index in [4.69, 9.17) is 0 Å². The van der Waals surface area contributed by atoms with Crippen molar-refractivity contribution in [2.45, 2.75) is 39.5 Å². The van der Waals surface area contributed by atoms with Gasteiger partial charge in [-0.3, -0.25) is 4.79 Å². The molecular weight excluding hydrogens is 246 g/mol. The van der Waals surface area contributed by atoms with E-state index in [9.17, 15) is 13.6 Å². The van der Waals surface area contributed by atoms with E-state index < -0.39 is 11.6 Å². The zero-order chi connectivity index (χ0) is 14.0. The Morgan fingerprint density at radius 1 is 1.05 bits per heavy atom. The standard InChI is InChI=1S/C16H20F2O/c1-10-3-11(2)5-13(4-10)16(19)8-12-6-14(17)9-15(18)7-12/h6-7,9-11,13H,3-5,8H2,1-2H3. The van der Waals surface area contributed by atoms with Crippen LogP contribution in [0.25, 0.3) is 0 Å². The maximum atomic E-state index is 13.1. The third kappa shape index (κ3) is 3.85. The Morgan fingerprint density at radius 2 is 1.58 bits per heavy atom. The minimum Gasteiger partial charge on any atom is -0.299 e. The third-order valence-electron chi connectivity index (χ3n) is 3.93. The second-order valence-electron chi connectivity index (χ2n) is 6.04. The number of benzene rings is 1. The summed E-state index contributed by atoms with van der Waals surface area (Å²) in [6.45, 7) is 4.33. The van der Waals surface area contributed by atoms with Crippen LogP contribution in [0.1, 0.15) is 38.7 Å². The van der Waals surface area contributed by atoms with Crippen LogP contribution in [0.15, 0.2) is 18.2 Å². The average Bonchev–Trinajstić information content (AvgIpc) is 2.25. The quantitative estimate of drug-likeness (QED) is 0.803. The molecule has 1 aromatic rings. The van der Waals surface area contributed by atoms with Crippen molar-refractivity contribution in [1.82, 2.24) is 0 Å². The van der Waals surface area contributed by atoms with Crippen molar-refractivity contribution in [3.8, 4) is 0 Å². The highest BCUT2D eigenvalue weighted by molar-refractivity contribution is 5.83. The molecule has 3 heteroatoms. The first kappa shape index (κ1) is 14.2. The van der Waals surface area contributed by atoms with Crippen LogP contribution in [-0.2, 0) is 11.2 Å². The lowest BCUT2D eigenvalue weighted by Gasteiger charge is -2.30. The van der Waals surface area contributed by atoms with Gasteiger partial charge >= 0.3 is 0 Å². The molecular formula is C16H20F2O. The zero-order valence-corrected chi connectivity index (χ0v) is 11.5. The number of hydrogen-bond donors (Lipinski definition) is 0. The lowest BCUT2D eigenvalue weighted by atomic mass is 9.74. The molecule has 104 valence electrons. The largest absolute Gasteiger partial charge is 0.299 e. The Balaban J connectivity index is 2.04. The van der Waals surface area contributed by atoms with Gasteiger partial charge in [0.25, 0.3) is 0 Å². The van der Waals surface area contributed by atoms with E-state index in [-0.39, 0.29) is 18.1 Å². The Hall–Kier alpha value is -1.25. The molecule has 0 heterocycles. The van der Waals surface area contributed by atoms with Crippen molar-refractivity contribution in [3.05, 3.63) is 35.4 Å². The molecule has 1 aromatic carbocycles. The Bertz CT molecular complexity index is 440. The van der Waals surface area contributed by atoms with Crippen molar-refractivity contribution in [3.63, 3.8) is 0 Å². The molecule has 0 saturated heterocycles. The van der Waals surface area contributed by atoms with E-state index in [1.54, 1.807) is 0 Å². The predicted octanol–water partition coefficient (Wildman–Crippen LogP) is 4.15. The van der Waals surface area contributed by atoms with Gasteiger partial charge in [-0.15, -0.1) is 0 Å². The van der Waals surface area contributed by atoms with Crippen molar-refractivity contribution in [2.24, 2.45) is 17.8 Å². The first-order chi connectivity index (χ1) is 8.94. The number of rotatable bonds is 3. The van der Waals surface area contributed by atoms with E-state index in [1.807, 2.05) is 0 Å². The molecule has 2 unspecified atom stereocenters. The van der Waals surface area contributed by atoms with Crippen LogP contribution >= 0.6 is 0 Å². The van der Waals surface area contributed by atoms with Gasteiger partial charge in [0.1, 0.15) is 17.4 Å². The fourth-order valence-corrected chi connectivity index (χ4v) is 3.27. The molecule has 1 fully saturated rings. The van der Waals surface area contributed by atoms with Gasteiger partial charge in [-0.1, -0.05) is 13.8 Å². The molecule has 2 rings (SSSR count). The topological polar surface area (TPSA) is 17.1 Å². The summed E-state index contributed by atoms with van der Waals surface area (Å²) in [5.74, 6) is 0.0405. The van der Waals surface area contributed by atoms with E-state index in [0.29, 0.717) is 17.4 Å². The van der Waals surface area contributed by atoms with Crippen LogP contribution in [0.2, 0.25) is 0 Å². The number of ketones is 1. The minimum atomic E-state index is -0.617. The summed E-state index contributed by atoms with van der Waals surface area (Å²) in [4.78, 5) is 12.2. The molecule has 1 nitrogen and oxygen atoms in total. The lowest BCUT2D eigenvalue weighted by molar-refractivity contribution is -0.124. The van der Waals surface area contributed by atoms with Gasteiger partial charge in [-0.05, 0) is 48.8 Å². The molecule has 0 spiro atoms. The SMILES string of the molecule is CC1CC(C)CC(C(=O)Cc2cc(F)cc(F)c2)C1. The summed E-state index contributed by atoms with van der Waals surface area (Å²) in [6, 6.07) is 3.33. The summed E-state index contributed by atoms with van der Waals surface area (Å²) in [6.07, 6.45) is 3.11. The predicted molar refractivity (Wildman–Crippen MR) is 70.7 cm³/mol. The summed E-state index contributed by atoms with van der Waals surface area (Å²) < 4.78 is 26.2. The summed E-state index contributed by atoms with van der Waals surface area (Å²) in [7, 11) is 0. The highest BCUT2D eigenvalue weighted by atomic mass is 19.1. The normalized spacial score (nSPS) is 27.3. The number of hydrogen-bond acceptors (Lipinski definition) is 1. The zero-order valence-electron chi connectivity index (χ0n) is 11.5. The van der Waals surface area contributed by atoms with Crippen LogP contribution < -0.4 is 0 Å². The molecule has 1 saturated carbocycles. The summed E-state index contributed by atoms with van der Waals surface area (Å²) in [5, 5.41) is 0. The molecule has 0 bridgehead atoms. The van der Waals surface area contributed by atoms with Gasteiger partial charge in [0.05, 0.1) is 0 Å². The fourth-order valence-electron chi connectivity index (χ4n) is 3.27. The van der Waals surface area contributed by atoms with Crippen molar-refractivity contribution in [1.29, 1.82) is 0 Å². The Labute approximate surface area is 113 Å². The highest BCUT2D eigenvalue weighted by Gasteiger charge is 2.28. The molecule has 19 heavy (non-hydrogen) atoms. The Morgan fingerprint density at radius 3 is 2.11 bits per heavy atom. The molecule has 0 radical (unpaired) electrons. The van der Waals surface area contributed by atoms with Gasteiger partial charge in [0.15, 0.2) is 0 Å². The van der Waals surface area contributed by atoms with E-state index in [2.05, 4.69) is 13.8 Å². The van der Waals surface area contributed by atoms with Gasteiger partial charge in [0.2, 0.25) is 0 Å². The van der Waals surface area contributed by atoms with Gasteiger partial charge in [-0.25, -0.2) is 8.78 Å². The number of Topliss-reactive ketones (excluding diaryl/α,β-unsaturated/α-hetero) is 1. The second-order valence-corrected chi connectivity index (χ2v) is 6.04. The van der Waals surface area contributed by atoms with E-state index in [1.165, 1.54) is 18.6 Å². The smallest absolute Gasteiger partial charge is 0.140 e. The van der Waals surface area contributed by atoms with Crippen molar-refractivity contribution < 1.29 is 13.6 Å². The van der Waals surface area contributed by atoms with Crippen LogP contribution in [-0.4, -0.2) is 5.78 Å². The number of carbonyl (C=O) groups is 1. The average molecular weight is 266 g/mol. The van der Waals surface area contributed by atoms with E-state index in [0.717, 1.165) is 18.9 Å². The van der Waals surface area contributed by atoms with Crippen molar-refractivity contribution in [2.75, 3.05) is 0 Å². The maximum absolute atomic E-state index is 13.1. The molecule has 0 amide bonds. The lowest BCUT2D eigenvalue weighted by Crippen LogP contribution is -2.27. The van der Waals surface area contributed by atoms with Crippen LogP contribution in [0.5, 0.6) is 0 Å². The monoisotopic (exact) mass is 266 g/mol. The number of carbonyl (C=O) groups excluding carboxylic acids is 1. The van der Waals surface area contributed by atoms with Gasteiger partial charge < -0.3 is 0 Å². The number of halogens is 2. The van der Waals surface area contributed by atoms with E-state index >= 15 is 0 Å². The molecule has 1 aliphatic rings. The molecule has 2 atom stereocenters. The first-order valence-electron chi connectivity index (χ1n) is 6.91. The molecule has 0 N–H and O–H groups in total. The van der Waals surface area contributed by atoms with Crippen LogP contribution in [0.4, 0.5) is 8.78 Å². The summed E-state index contributed by atoms with van der Waals surface area (Å²) >= 11 is 0. The fraction of sp³-hybridized carbons (Fsp3) is 0.562. The van der Waals surface area contributed by atoms with Crippen LogP contribution in [0, 0.1) is 29.4 Å². The van der Waals surface area contributed by atoms with Gasteiger partial charge in [-0.2, -0.15) is 0 Å². The minimum absolute atomic E-state index is 0.0464. The highest BCUT2D eigenvalue weighted by Crippen LogP contribution is 2.33.